The quantitative estimate of drug-likeness (QED) is 0.933. The predicted molar refractivity (Wildman–Crippen MR) is 75.4 cm³/mol. The minimum absolute atomic E-state index is 0. The largest absolute Gasteiger partial charge is 0.493 e. The molecule has 7 heteroatoms. The van der Waals surface area contributed by atoms with E-state index in [0.29, 0.717) is 23.2 Å². The molecule has 2 aromatic rings. The summed E-state index contributed by atoms with van der Waals surface area (Å²) in [6, 6.07) is 5.74. The van der Waals surface area contributed by atoms with Gasteiger partial charge in [-0.05, 0) is 31.2 Å². The molecule has 0 bridgehead atoms. The van der Waals surface area contributed by atoms with Crippen LogP contribution in [0.5, 0.6) is 11.5 Å². The zero-order valence-corrected chi connectivity index (χ0v) is 12.1. The molecular formula is C13H16ClN3O3. The van der Waals surface area contributed by atoms with Crippen LogP contribution in [0.3, 0.4) is 0 Å². The zero-order chi connectivity index (χ0) is 13.2. The number of methoxy groups -OCH3 is 2. The van der Waals surface area contributed by atoms with E-state index in [1.54, 1.807) is 14.2 Å². The van der Waals surface area contributed by atoms with Gasteiger partial charge in [0.05, 0.1) is 20.3 Å². The van der Waals surface area contributed by atoms with Crippen molar-refractivity contribution in [3.8, 4) is 22.9 Å². The maximum absolute atomic E-state index is 5.26. The normalized spacial score (nSPS) is 17.0. The summed E-state index contributed by atoms with van der Waals surface area (Å²) in [6.07, 6.45) is 1.04. The van der Waals surface area contributed by atoms with Crippen LogP contribution in [0, 0.1) is 0 Å². The molecule has 0 radical (unpaired) electrons. The lowest BCUT2D eigenvalue weighted by atomic mass is 10.1. The maximum Gasteiger partial charge on any atom is 0.244 e. The van der Waals surface area contributed by atoms with Gasteiger partial charge in [-0.1, -0.05) is 5.16 Å². The first-order valence-electron chi connectivity index (χ1n) is 6.11. The van der Waals surface area contributed by atoms with E-state index in [1.165, 1.54) is 0 Å². The second-order valence-electron chi connectivity index (χ2n) is 4.32. The summed E-state index contributed by atoms with van der Waals surface area (Å²) in [5.74, 6) is 2.52. The highest BCUT2D eigenvalue weighted by Gasteiger charge is 2.25. The Bertz CT molecular complexity index is 584. The van der Waals surface area contributed by atoms with E-state index in [9.17, 15) is 0 Å². The average molecular weight is 298 g/mol. The first kappa shape index (κ1) is 14.6. The number of halogens is 1. The van der Waals surface area contributed by atoms with Crippen LogP contribution in [0.25, 0.3) is 11.4 Å². The molecule has 0 saturated carbocycles. The molecule has 6 nitrogen and oxygen atoms in total. The predicted octanol–water partition coefficient (Wildman–Crippen LogP) is 2.21. The van der Waals surface area contributed by atoms with E-state index in [4.69, 9.17) is 14.0 Å². The molecular weight excluding hydrogens is 282 g/mol. The second-order valence-corrected chi connectivity index (χ2v) is 4.32. The van der Waals surface area contributed by atoms with Crippen LogP contribution in [0.2, 0.25) is 0 Å². The summed E-state index contributed by atoms with van der Waals surface area (Å²) in [5.41, 5.74) is 0.840. The zero-order valence-electron chi connectivity index (χ0n) is 11.3. The fourth-order valence-electron chi connectivity index (χ4n) is 1.97. The molecule has 1 aliphatic heterocycles. The monoisotopic (exact) mass is 297 g/mol. The maximum atomic E-state index is 5.26. The third-order valence-electron chi connectivity index (χ3n) is 3.21. The lowest BCUT2D eigenvalue weighted by molar-refractivity contribution is 0.273. The van der Waals surface area contributed by atoms with Crippen LogP contribution in [0.1, 0.15) is 18.4 Å². The van der Waals surface area contributed by atoms with Gasteiger partial charge in [-0.3, -0.25) is 0 Å². The molecule has 0 unspecified atom stereocenters. The molecule has 0 spiro atoms. The van der Waals surface area contributed by atoms with Crippen LogP contribution in [-0.2, 0) is 0 Å². The van der Waals surface area contributed by atoms with Gasteiger partial charge < -0.3 is 19.3 Å². The van der Waals surface area contributed by atoms with E-state index in [2.05, 4.69) is 15.5 Å². The van der Waals surface area contributed by atoms with Crippen LogP contribution in [-0.4, -0.2) is 30.9 Å². The Kier molecular flexibility index (Phi) is 4.46. The lowest BCUT2D eigenvalue weighted by Gasteiger charge is -2.23. The molecule has 1 aromatic carbocycles. The first-order chi connectivity index (χ1) is 9.31. The fraction of sp³-hybridized carbons (Fsp3) is 0.385. The highest BCUT2D eigenvalue weighted by Crippen LogP contribution is 2.32. The van der Waals surface area contributed by atoms with Crippen molar-refractivity contribution in [2.24, 2.45) is 0 Å². The number of nitrogens with zero attached hydrogens (tertiary/aromatic N) is 2. The number of hydrogen-bond donors (Lipinski definition) is 1. The number of aromatic nitrogens is 2. The van der Waals surface area contributed by atoms with Gasteiger partial charge in [-0.2, -0.15) is 4.98 Å². The van der Waals surface area contributed by atoms with Crippen LogP contribution in [0.15, 0.2) is 22.7 Å². The van der Waals surface area contributed by atoms with Gasteiger partial charge in [-0.25, -0.2) is 0 Å². The van der Waals surface area contributed by atoms with E-state index < -0.39 is 0 Å². The van der Waals surface area contributed by atoms with Crippen LogP contribution >= 0.6 is 12.4 Å². The Balaban J connectivity index is 0.00000147. The minimum Gasteiger partial charge on any atom is -0.493 e. The molecule has 1 aliphatic rings. The van der Waals surface area contributed by atoms with E-state index in [-0.39, 0.29) is 18.4 Å². The molecule has 0 aliphatic carbocycles. The Morgan fingerprint density at radius 2 is 2.00 bits per heavy atom. The number of benzene rings is 1. The van der Waals surface area contributed by atoms with Crippen molar-refractivity contribution in [2.75, 3.05) is 20.8 Å². The molecule has 108 valence electrons. The summed E-state index contributed by atoms with van der Waals surface area (Å²) in [6.45, 7) is 0.999. The van der Waals surface area contributed by atoms with Crippen molar-refractivity contribution >= 4 is 12.4 Å². The highest BCUT2D eigenvalue weighted by atomic mass is 35.5. The number of rotatable bonds is 4. The summed E-state index contributed by atoms with van der Waals surface area (Å²) in [5, 5.41) is 7.22. The molecule has 1 atom stereocenters. The van der Waals surface area contributed by atoms with Crippen molar-refractivity contribution in [3.05, 3.63) is 24.1 Å². The Morgan fingerprint density at radius 3 is 2.60 bits per heavy atom. The van der Waals surface area contributed by atoms with Gasteiger partial charge in [0.2, 0.25) is 11.7 Å². The van der Waals surface area contributed by atoms with Crippen molar-refractivity contribution in [1.82, 2.24) is 15.5 Å². The molecule has 3 rings (SSSR count). The van der Waals surface area contributed by atoms with Crippen LogP contribution in [0.4, 0.5) is 0 Å². The summed E-state index contributed by atoms with van der Waals surface area (Å²) in [7, 11) is 3.20. The third-order valence-corrected chi connectivity index (χ3v) is 3.21. The Morgan fingerprint density at radius 1 is 1.25 bits per heavy atom. The molecule has 20 heavy (non-hydrogen) atoms. The van der Waals surface area contributed by atoms with Crippen molar-refractivity contribution in [2.45, 2.75) is 12.5 Å². The van der Waals surface area contributed by atoms with Crippen molar-refractivity contribution < 1.29 is 14.0 Å². The molecule has 1 fully saturated rings. The minimum atomic E-state index is 0. The SMILES string of the molecule is COc1ccc(-c2noc([C@H]3CCN3)n2)cc1OC.Cl. The van der Waals surface area contributed by atoms with E-state index >= 15 is 0 Å². The molecule has 0 amide bonds. The van der Waals surface area contributed by atoms with E-state index in [1.807, 2.05) is 18.2 Å². The highest BCUT2D eigenvalue weighted by molar-refractivity contribution is 5.85. The van der Waals surface area contributed by atoms with Gasteiger partial charge in [0.25, 0.3) is 0 Å². The number of hydrogen-bond acceptors (Lipinski definition) is 6. The number of nitrogens with one attached hydrogen (secondary N) is 1. The lowest BCUT2D eigenvalue weighted by Crippen LogP contribution is -2.35. The molecule has 1 aromatic heterocycles. The summed E-state index contributed by atoms with van der Waals surface area (Å²) >= 11 is 0. The molecule has 2 heterocycles. The third kappa shape index (κ3) is 2.57. The summed E-state index contributed by atoms with van der Waals surface area (Å²) < 4.78 is 15.7. The van der Waals surface area contributed by atoms with Gasteiger partial charge in [-0.15, -0.1) is 12.4 Å². The van der Waals surface area contributed by atoms with Crippen molar-refractivity contribution in [1.29, 1.82) is 0 Å². The number of ether oxygens (including phenoxy) is 2. The Labute approximate surface area is 122 Å². The van der Waals surface area contributed by atoms with Gasteiger partial charge in [0, 0.05) is 5.56 Å². The van der Waals surface area contributed by atoms with Gasteiger partial charge >= 0.3 is 0 Å². The van der Waals surface area contributed by atoms with Crippen LogP contribution < -0.4 is 14.8 Å². The molecule has 1 N–H and O–H groups in total. The smallest absolute Gasteiger partial charge is 0.244 e. The van der Waals surface area contributed by atoms with Gasteiger partial charge in [0.1, 0.15) is 0 Å². The van der Waals surface area contributed by atoms with E-state index in [0.717, 1.165) is 18.5 Å². The topological polar surface area (TPSA) is 69.4 Å². The first-order valence-corrected chi connectivity index (χ1v) is 6.11. The standard InChI is InChI=1S/C13H15N3O3.ClH/c1-17-10-4-3-8(7-11(10)18-2)12-15-13(19-16-12)9-5-6-14-9;/h3-4,7,9,14H,5-6H2,1-2H3;1H/t9-;/m1./s1. The fourth-order valence-corrected chi connectivity index (χ4v) is 1.97. The molecule has 1 saturated heterocycles. The summed E-state index contributed by atoms with van der Waals surface area (Å²) in [4.78, 5) is 4.40. The van der Waals surface area contributed by atoms with Gasteiger partial charge in [0.15, 0.2) is 11.5 Å². The Hall–Kier alpha value is -1.79. The second kappa shape index (κ2) is 6.11. The average Bonchev–Trinajstić information content (AvgIpc) is 2.85. The van der Waals surface area contributed by atoms with Crippen molar-refractivity contribution in [3.63, 3.8) is 0 Å².